The van der Waals surface area contributed by atoms with Crippen molar-refractivity contribution < 1.29 is 45.4 Å². The Hall–Kier alpha value is -3.70. The van der Waals surface area contributed by atoms with Gasteiger partial charge in [0.05, 0.1) is 24.3 Å². The van der Waals surface area contributed by atoms with E-state index in [4.69, 9.17) is 9.47 Å². The van der Waals surface area contributed by atoms with Crippen molar-refractivity contribution in [3.63, 3.8) is 0 Å². The van der Waals surface area contributed by atoms with Gasteiger partial charge in [-0.25, -0.2) is 4.79 Å². The highest BCUT2D eigenvalue weighted by atomic mass is 19.4. The molecule has 236 valence electrons. The van der Waals surface area contributed by atoms with Crippen LogP contribution in [-0.4, -0.2) is 42.6 Å². The molecule has 2 atom stereocenters. The van der Waals surface area contributed by atoms with Crippen molar-refractivity contribution in [2.24, 2.45) is 0 Å². The average Bonchev–Trinajstić information content (AvgIpc) is 3.21. The summed E-state index contributed by atoms with van der Waals surface area (Å²) in [7, 11) is 1.49. The molecule has 0 radical (unpaired) electrons. The molecule has 0 spiro atoms. The number of nitrogens with one attached hydrogen (secondary N) is 1. The molecule has 1 N–H and O–H groups in total. The van der Waals surface area contributed by atoms with Gasteiger partial charge in [0.1, 0.15) is 11.9 Å². The summed E-state index contributed by atoms with van der Waals surface area (Å²) in [6.07, 6.45) is -10.2. The lowest BCUT2D eigenvalue weighted by atomic mass is 9.94. The summed E-state index contributed by atoms with van der Waals surface area (Å²) in [5.74, 6) is 0.215. The van der Waals surface area contributed by atoms with E-state index in [1.807, 2.05) is 27.7 Å². The number of allylic oxidation sites excluding steroid dienone is 1. The summed E-state index contributed by atoms with van der Waals surface area (Å²) in [6.45, 7) is 9.01. The van der Waals surface area contributed by atoms with Gasteiger partial charge in [-0.05, 0) is 93.6 Å². The molecule has 1 aliphatic heterocycles. The molecule has 2 aromatic rings. The third-order valence-corrected chi connectivity index (χ3v) is 7.34. The molecule has 0 aliphatic carbocycles. The molecule has 0 unspecified atom stereocenters. The summed E-state index contributed by atoms with van der Waals surface area (Å²) in [4.78, 5) is 27.0. The van der Waals surface area contributed by atoms with Gasteiger partial charge in [0.15, 0.2) is 0 Å². The summed E-state index contributed by atoms with van der Waals surface area (Å²) in [6, 6.07) is 5.23. The molecule has 0 aromatic heterocycles. The largest absolute Gasteiger partial charge is 0.496 e. The maximum absolute atomic E-state index is 13.5. The Morgan fingerprint density at radius 3 is 2.16 bits per heavy atom. The summed E-state index contributed by atoms with van der Waals surface area (Å²) in [5.41, 5.74) is -0.824. The molecule has 1 heterocycles. The molecule has 12 heteroatoms. The van der Waals surface area contributed by atoms with Crippen LogP contribution >= 0.6 is 0 Å². The number of benzene rings is 2. The van der Waals surface area contributed by atoms with Gasteiger partial charge in [-0.3, -0.25) is 9.69 Å². The zero-order valence-corrected chi connectivity index (χ0v) is 24.9. The van der Waals surface area contributed by atoms with E-state index in [1.54, 1.807) is 18.2 Å². The molecular weight excluding hydrogens is 578 g/mol. The highest BCUT2D eigenvalue weighted by Crippen LogP contribution is 2.41. The molecule has 2 amide bonds. The Morgan fingerprint density at radius 2 is 1.65 bits per heavy atom. The van der Waals surface area contributed by atoms with Gasteiger partial charge in [-0.2, -0.15) is 26.3 Å². The van der Waals surface area contributed by atoms with E-state index in [0.29, 0.717) is 35.4 Å². The molecule has 1 aliphatic rings. The van der Waals surface area contributed by atoms with Crippen molar-refractivity contribution in [2.45, 2.75) is 84.4 Å². The van der Waals surface area contributed by atoms with Crippen molar-refractivity contribution in [3.05, 3.63) is 69.8 Å². The molecule has 1 saturated heterocycles. The highest BCUT2D eigenvalue weighted by Gasteiger charge is 2.43. The fourth-order valence-corrected chi connectivity index (χ4v) is 4.96. The number of hydrogen-bond donors (Lipinski definition) is 1. The number of methoxy groups -OCH3 is 1. The summed E-state index contributed by atoms with van der Waals surface area (Å²) < 4.78 is 91.9. The summed E-state index contributed by atoms with van der Waals surface area (Å²) >= 11 is 0. The van der Waals surface area contributed by atoms with Crippen LogP contribution < -0.4 is 10.1 Å². The second-order valence-corrected chi connectivity index (χ2v) is 10.9. The predicted molar refractivity (Wildman–Crippen MR) is 150 cm³/mol. The van der Waals surface area contributed by atoms with Crippen LogP contribution in [0.4, 0.5) is 31.1 Å². The molecule has 6 nitrogen and oxygen atoms in total. The number of hydrogen-bond acceptors (Lipinski definition) is 4. The number of nitrogens with zero attached hydrogens (tertiary/aromatic N) is 1. The molecule has 1 fully saturated rings. The quantitative estimate of drug-likeness (QED) is 0.273. The number of ether oxygens (including phenoxy) is 2. The Bertz CT molecular complexity index is 1330. The monoisotopic (exact) mass is 614 g/mol. The smallest absolute Gasteiger partial charge is 0.416 e. The molecular formula is C31H36F6N2O4. The van der Waals surface area contributed by atoms with Crippen molar-refractivity contribution in [1.29, 1.82) is 0 Å². The third-order valence-electron chi connectivity index (χ3n) is 7.34. The first-order valence-corrected chi connectivity index (χ1v) is 13.9. The molecule has 3 rings (SSSR count). The first-order chi connectivity index (χ1) is 20.0. The fourth-order valence-electron chi connectivity index (χ4n) is 4.96. The van der Waals surface area contributed by atoms with Gasteiger partial charge < -0.3 is 14.8 Å². The first kappa shape index (κ1) is 33.8. The number of cyclic esters (lactones) is 1. The van der Waals surface area contributed by atoms with E-state index < -0.39 is 47.3 Å². The first-order valence-electron chi connectivity index (χ1n) is 13.9. The van der Waals surface area contributed by atoms with Gasteiger partial charge in [-0.1, -0.05) is 13.3 Å². The minimum atomic E-state index is -5.03. The second-order valence-electron chi connectivity index (χ2n) is 10.9. The van der Waals surface area contributed by atoms with Gasteiger partial charge in [0.25, 0.3) is 5.91 Å². The van der Waals surface area contributed by atoms with Crippen LogP contribution in [-0.2, 0) is 17.1 Å². The molecule has 43 heavy (non-hydrogen) atoms. The molecule has 2 aromatic carbocycles. The Kier molecular flexibility index (Phi) is 10.5. The van der Waals surface area contributed by atoms with Crippen molar-refractivity contribution >= 4 is 17.6 Å². The number of carbonyl (C=O) groups excluding carboxylic acids is 2. The van der Waals surface area contributed by atoms with Gasteiger partial charge >= 0.3 is 18.4 Å². The average molecular weight is 615 g/mol. The van der Waals surface area contributed by atoms with Crippen LogP contribution in [0.2, 0.25) is 0 Å². The van der Waals surface area contributed by atoms with Crippen molar-refractivity contribution in [2.75, 3.05) is 13.7 Å². The number of amides is 2. The van der Waals surface area contributed by atoms with E-state index in [-0.39, 0.29) is 24.6 Å². The van der Waals surface area contributed by atoms with Crippen LogP contribution in [0.5, 0.6) is 5.75 Å². The maximum atomic E-state index is 13.5. The van der Waals surface area contributed by atoms with Gasteiger partial charge in [-0.15, -0.1) is 0 Å². The third kappa shape index (κ3) is 8.03. The zero-order chi connectivity index (χ0) is 32.3. The minimum Gasteiger partial charge on any atom is -0.496 e. The number of rotatable bonds is 10. The maximum Gasteiger partial charge on any atom is 0.416 e. The minimum absolute atomic E-state index is 0.0129. The molecule has 0 bridgehead atoms. The Labute approximate surface area is 247 Å². The summed E-state index contributed by atoms with van der Waals surface area (Å²) in [5, 5.41) is 2.84. The lowest BCUT2D eigenvalue weighted by molar-refractivity contribution is -0.143. The zero-order valence-electron chi connectivity index (χ0n) is 24.9. The topological polar surface area (TPSA) is 67.9 Å². The van der Waals surface area contributed by atoms with Gasteiger partial charge in [0, 0.05) is 23.7 Å². The SMILES string of the molecule is CCCC/C(CN1C(=O)O[C@H](c2cc(C(F)(F)F)cc(C(F)(F)F)c2)[C@@H]1C)=C(\C)c1cc(C(=O)NC(C)C)ccc1OC. The number of halogens is 6. The van der Waals surface area contributed by atoms with E-state index >= 15 is 0 Å². The molecule has 0 saturated carbocycles. The van der Waals surface area contributed by atoms with E-state index in [2.05, 4.69) is 5.32 Å². The van der Waals surface area contributed by atoms with Crippen LogP contribution in [0.1, 0.15) is 92.6 Å². The highest BCUT2D eigenvalue weighted by molar-refractivity contribution is 5.95. The number of alkyl halides is 6. The number of unbranched alkanes of at least 4 members (excludes halogenated alkanes) is 1. The predicted octanol–water partition coefficient (Wildman–Crippen LogP) is 8.42. The van der Waals surface area contributed by atoms with Crippen LogP contribution in [0, 0.1) is 0 Å². The number of carbonyl (C=O) groups is 2. The standard InChI is InChI=1S/C31H36F6N2O4/c1-7-8-9-21(18(4)25-14-20(10-11-26(25)42-6)28(40)38-17(2)3)16-39-19(5)27(43-29(39)41)22-12-23(30(32,33)34)15-24(13-22)31(35,36)37/h10-15,17,19,27H,7-9,16H2,1-6H3,(H,38,40)/b21-18-/t19-,27-/m0/s1. The Balaban J connectivity index is 2.03. The lowest BCUT2D eigenvalue weighted by Crippen LogP contribution is -2.34. The van der Waals surface area contributed by atoms with E-state index in [9.17, 15) is 35.9 Å². The lowest BCUT2D eigenvalue weighted by Gasteiger charge is -2.25. The van der Waals surface area contributed by atoms with Crippen LogP contribution in [0.15, 0.2) is 42.0 Å². The van der Waals surface area contributed by atoms with Crippen LogP contribution in [0.25, 0.3) is 5.57 Å². The van der Waals surface area contributed by atoms with E-state index in [1.165, 1.54) is 18.9 Å². The van der Waals surface area contributed by atoms with Crippen molar-refractivity contribution in [3.8, 4) is 5.75 Å². The second kappa shape index (κ2) is 13.3. The van der Waals surface area contributed by atoms with Gasteiger partial charge in [0.2, 0.25) is 0 Å². The Morgan fingerprint density at radius 1 is 1.05 bits per heavy atom. The fraction of sp³-hybridized carbons (Fsp3) is 0.484. The van der Waals surface area contributed by atoms with Crippen molar-refractivity contribution in [1.82, 2.24) is 10.2 Å². The normalized spacial score (nSPS) is 18.1. The van der Waals surface area contributed by atoms with Crippen LogP contribution in [0.3, 0.4) is 0 Å². The van der Waals surface area contributed by atoms with E-state index in [0.717, 1.165) is 24.0 Å².